The summed E-state index contributed by atoms with van der Waals surface area (Å²) in [4.78, 5) is 14.7. The van der Waals surface area contributed by atoms with Gasteiger partial charge in [-0.15, -0.1) is 0 Å². The molecular weight excluding hydrogens is 359 g/mol. The molecule has 1 saturated heterocycles. The monoisotopic (exact) mass is 387 g/mol. The highest BCUT2D eigenvalue weighted by molar-refractivity contribution is 5.82. The number of hydrogen-bond acceptors (Lipinski definition) is 4. The summed E-state index contributed by atoms with van der Waals surface area (Å²) in [6.07, 6.45) is 1.53. The van der Waals surface area contributed by atoms with Crippen LogP contribution in [0.1, 0.15) is 30.9 Å². The molecule has 0 radical (unpaired) electrons. The quantitative estimate of drug-likeness (QED) is 0.748. The molecule has 1 amide bonds. The van der Waals surface area contributed by atoms with Crippen molar-refractivity contribution < 1.29 is 23.1 Å². The molecule has 0 aromatic heterocycles. The first-order chi connectivity index (χ1) is 12.5. The lowest BCUT2D eigenvalue weighted by atomic mass is 9.87. The Bertz CT molecular complexity index is 656. The summed E-state index contributed by atoms with van der Waals surface area (Å²) < 4.78 is 40.4. The highest BCUT2D eigenvalue weighted by atomic mass is 19.3. The van der Waals surface area contributed by atoms with Crippen molar-refractivity contribution in [3.05, 3.63) is 35.1 Å². The molecule has 2 rings (SSSR count). The molecule has 1 aliphatic heterocycles. The standard InChI is InChI=1S/C19H28F3N3O2/c1-18(21,22)17(27)24(2)13-19(23)6-8-25(9-7-19)12-15-11-14(5-10-26)3-4-16(15)20/h3-4,11,26H,5-10,12-13,23H2,1-2H3. The lowest BCUT2D eigenvalue weighted by Gasteiger charge is -2.41. The summed E-state index contributed by atoms with van der Waals surface area (Å²) in [6, 6.07) is 4.82. The molecule has 3 N–H and O–H groups in total. The van der Waals surface area contributed by atoms with Gasteiger partial charge in [0.05, 0.1) is 0 Å². The number of aliphatic hydroxyl groups excluding tert-OH is 1. The van der Waals surface area contributed by atoms with Crippen LogP contribution in [0.4, 0.5) is 13.2 Å². The van der Waals surface area contributed by atoms with E-state index in [4.69, 9.17) is 10.8 Å². The van der Waals surface area contributed by atoms with Crippen LogP contribution in [-0.2, 0) is 17.8 Å². The summed E-state index contributed by atoms with van der Waals surface area (Å²) >= 11 is 0. The molecule has 1 fully saturated rings. The fourth-order valence-corrected chi connectivity index (χ4v) is 3.47. The maximum atomic E-state index is 14.1. The van der Waals surface area contributed by atoms with Crippen LogP contribution in [-0.4, -0.2) is 65.6 Å². The van der Waals surface area contributed by atoms with Crippen LogP contribution < -0.4 is 5.73 Å². The van der Waals surface area contributed by atoms with Gasteiger partial charge in [0.2, 0.25) is 0 Å². The van der Waals surface area contributed by atoms with Gasteiger partial charge in [-0.2, -0.15) is 8.78 Å². The van der Waals surface area contributed by atoms with Gasteiger partial charge in [-0.05, 0) is 30.9 Å². The van der Waals surface area contributed by atoms with Crippen molar-refractivity contribution >= 4 is 5.91 Å². The number of likely N-dealkylation sites (tertiary alicyclic amines) is 1. The normalized spacial score (nSPS) is 17.7. The number of halogens is 3. The lowest BCUT2D eigenvalue weighted by Crippen LogP contribution is -2.58. The van der Waals surface area contributed by atoms with Gasteiger partial charge in [-0.25, -0.2) is 4.39 Å². The SMILES string of the molecule is CN(CC1(N)CCN(Cc2cc(CCO)ccc2F)CC1)C(=O)C(C)(F)F. The zero-order valence-corrected chi connectivity index (χ0v) is 15.9. The maximum absolute atomic E-state index is 14.1. The van der Waals surface area contributed by atoms with E-state index in [2.05, 4.69) is 4.90 Å². The number of likely N-dealkylation sites (N-methyl/N-ethyl adjacent to an activating group) is 1. The Kier molecular flexibility index (Phi) is 6.88. The Morgan fingerprint density at radius 1 is 1.37 bits per heavy atom. The number of carbonyl (C=O) groups excluding carboxylic acids is 1. The average Bonchev–Trinajstić information content (AvgIpc) is 2.58. The van der Waals surface area contributed by atoms with Crippen molar-refractivity contribution in [3.63, 3.8) is 0 Å². The number of benzene rings is 1. The van der Waals surface area contributed by atoms with Crippen molar-refractivity contribution in [2.75, 3.05) is 33.3 Å². The van der Waals surface area contributed by atoms with Gasteiger partial charge in [0.25, 0.3) is 5.91 Å². The molecule has 0 aliphatic carbocycles. The molecule has 0 bridgehead atoms. The molecule has 27 heavy (non-hydrogen) atoms. The third-order valence-corrected chi connectivity index (χ3v) is 5.03. The number of aliphatic hydroxyl groups is 1. The number of nitrogens with zero attached hydrogens (tertiary/aromatic N) is 2. The van der Waals surface area contributed by atoms with E-state index in [1.807, 2.05) is 0 Å². The summed E-state index contributed by atoms with van der Waals surface area (Å²) in [5.41, 5.74) is 7.02. The zero-order valence-electron chi connectivity index (χ0n) is 15.9. The van der Waals surface area contributed by atoms with Gasteiger partial charge in [0.15, 0.2) is 0 Å². The fraction of sp³-hybridized carbons (Fsp3) is 0.632. The van der Waals surface area contributed by atoms with Gasteiger partial charge < -0.3 is 15.7 Å². The molecule has 1 aromatic rings. The minimum atomic E-state index is -3.41. The third-order valence-electron chi connectivity index (χ3n) is 5.03. The maximum Gasteiger partial charge on any atom is 0.322 e. The summed E-state index contributed by atoms with van der Waals surface area (Å²) in [5.74, 6) is -4.95. The molecular formula is C19H28F3N3O2. The first-order valence-electron chi connectivity index (χ1n) is 9.07. The number of rotatable bonds is 7. The van der Waals surface area contributed by atoms with Crippen LogP contribution in [0.2, 0.25) is 0 Å². The van der Waals surface area contributed by atoms with E-state index in [1.54, 1.807) is 12.1 Å². The molecule has 8 heteroatoms. The van der Waals surface area contributed by atoms with Crippen molar-refractivity contribution in [2.45, 2.75) is 44.2 Å². The second kappa shape index (κ2) is 8.58. The molecule has 1 heterocycles. The number of amides is 1. The van der Waals surface area contributed by atoms with E-state index >= 15 is 0 Å². The van der Waals surface area contributed by atoms with E-state index in [-0.39, 0.29) is 19.0 Å². The predicted molar refractivity (Wildman–Crippen MR) is 96.9 cm³/mol. The average molecular weight is 387 g/mol. The van der Waals surface area contributed by atoms with Crippen LogP contribution in [0, 0.1) is 5.82 Å². The van der Waals surface area contributed by atoms with E-state index in [0.717, 1.165) is 10.5 Å². The van der Waals surface area contributed by atoms with Gasteiger partial charge in [0, 0.05) is 57.9 Å². The molecule has 152 valence electrons. The zero-order chi connectivity index (χ0) is 20.2. The molecule has 1 aliphatic rings. The number of carbonyl (C=O) groups is 1. The van der Waals surface area contributed by atoms with Gasteiger partial charge >= 0.3 is 5.92 Å². The smallest absolute Gasteiger partial charge is 0.322 e. The van der Waals surface area contributed by atoms with Crippen molar-refractivity contribution in [2.24, 2.45) is 5.73 Å². The van der Waals surface area contributed by atoms with Crippen LogP contribution >= 0.6 is 0 Å². The number of piperidine rings is 1. The Morgan fingerprint density at radius 2 is 2.00 bits per heavy atom. The van der Waals surface area contributed by atoms with Crippen LogP contribution in [0.15, 0.2) is 18.2 Å². The summed E-state index contributed by atoms with van der Waals surface area (Å²) in [6.45, 7) is 2.24. The second-order valence-electron chi connectivity index (χ2n) is 7.59. The summed E-state index contributed by atoms with van der Waals surface area (Å²) in [5, 5.41) is 9.03. The van der Waals surface area contributed by atoms with Crippen LogP contribution in [0.3, 0.4) is 0 Å². The molecule has 0 atom stereocenters. The minimum absolute atomic E-state index is 0.00746. The highest BCUT2D eigenvalue weighted by Crippen LogP contribution is 2.25. The van der Waals surface area contributed by atoms with E-state index in [0.29, 0.717) is 51.4 Å². The Hall–Kier alpha value is -1.64. The molecule has 0 spiro atoms. The molecule has 5 nitrogen and oxygen atoms in total. The minimum Gasteiger partial charge on any atom is -0.396 e. The first-order valence-corrected chi connectivity index (χ1v) is 9.07. The first kappa shape index (κ1) is 21.7. The van der Waals surface area contributed by atoms with Gasteiger partial charge in [-0.1, -0.05) is 12.1 Å². The van der Waals surface area contributed by atoms with Gasteiger partial charge in [0.1, 0.15) is 5.82 Å². The molecule has 0 saturated carbocycles. The fourth-order valence-electron chi connectivity index (χ4n) is 3.47. The highest BCUT2D eigenvalue weighted by Gasteiger charge is 2.39. The van der Waals surface area contributed by atoms with Crippen LogP contribution in [0.25, 0.3) is 0 Å². The number of alkyl halides is 2. The predicted octanol–water partition coefficient (Wildman–Crippen LogP) is 1.77. The number of nitrogens with two attached hydrogens (primary N) is 1. The Balaban J connectivity index is 1.93. The van der Waals surface area contributed by atoms with Crippen molar-refractivity contribution in [1.29, 1.82) is 0 Å². The largest absolute Gasteiger partial charge is 0.396 e. The van der Waals surface area contributed by atoms with Crippen LogP contribution in [0.5, 0.6) is 0 Å². The second-order valence-corrected chi connectivity index (χ2v) is 7.59. The van der Waals surface area contributed by atoms with Crippen molar-refractivity contribution in [3.8, 4) is 0 Å². The summed E-state index contributed by atoms with van der Waals surface area (Å²) in [7, 11) is 1.34. The Labute approximate surface area is 157 Å². The van der Waals surface area contributed by atoms with Gasteiger partial charge in [-0.3, -0.25) is 9.69 Å². The van der Waals surface area contributed by atoms with E-state index < -0.39 is 17.4 Å². The van der Waals surface area contributed by atoms with E-state index in [1.165, 1.54) is 13.1 Å². The molecule has 1 aromatic carbocycles. The topological polar surface area (TPSA) is 69.8 Å². The van der Waals surface area contributed by atoms with E-state index in [9.17, 15) is 18.0 Å². The molecule has 0 unspecified atom stereocenters. The Morgan fingerprint density at radius 3 is 2.56 bits per heavy atom. The lowest BCUT2D eigenvalue weighted by molar-refractivity contribution is -0.154. The third kappa shape index (κ3) is 5.92. The number of hydrogen-bond donors (Lipinski definition) is 2. The van der Waals surface area contributed by atoms with Crippen molar-refractivity contribution in [1.82, 2.24) is 9.80 Å².